The SMILES string of the molecule is Cc1cc(C)c(S(=O)(=O)N(CC(=O)Nc2ccccc2F)C2CCCCC2)c(C)c1. The van der Waals surface area contributed by atoms with E-state index in [1.54, 1.807) is 19.9 Å². The minimum Gasteiger partial charge on any atom is -0.322 e. The number of carbonyl (C=O) groups is 1. The Hall–Kier alpha value is -2.25. The van der Waals surface area contributed by atoms with Crippen LogP contribution in [0.4, 0.5) is 10.1 Å². The van der Waals surface area contributed by atoms with Crippen molar-refractivity contribution >= 4 is 21.6 Å². The fourth-order valence-electron chi connectivity index (χ4n) is 4.36. The number of carbonyl (C=O) groups excluding carboxylic acids is 1. The molecule has 2 aromatic rings. The first-order chi connectivity index (χ1) is 14.2. The van der Waals surface area contributed by atoms with Crippen LogP contribution in [0.25, 0.3) is 0 Å². The average molecular weight is 433 g/mol. The zero-order chi connectivity index (χ0) is 21.9. The highest BCUT2D eigenvalue weighted by atomic mass is 32.2. The van der Waals surface area contributed by atoms with E-state index in [1.807, 2.05) is 19.1 Å². The van der Waals surface area contributed by atoms with Gasteiger partial charge in [0, 0.05) is 6.04 Å². The average Bonchev–Trinajstić information content (AvgIpc) is 2.67. The van der Waals surface area contributed by atoms with Crippen molar-refractivity contribution in [1.82, 2.24) is 4.31 Å². The van der Waals surface area contributed by atoms with Gasteiger partial charge in [-0.25, -0.2) is 12.8 Å². The molecule has 5 nitrogen and oxygen atoms in total. The molecule has 7 heteroatoms. The van der Waals surface area contributed by atoms with E-state index in [1.165, 1.54) is 22.5 Å². The van der Waals surface area contributed by atoms with Crippen LogP contribution in [0.5, 0.6) is 0 Å². The lowest BCUT2D eigenvalue weighted by atomic mass is 9.95. The molecular weight excluding hydrogens is 403 g/mol. The molecule has 0 aromatic heterocycles. The summed E-state index contributed by atoms with van der Waals surface area (Å²) in [6.45, 7) is 5.15. The van der Waals surface area contributed by atoms with Crippen LogP contribution in [0.1, 0.15) is 48.8 Å². The van der Waals surface area contributed by atoms with Gasteiger partial charge in [-0.05, 0) is 56.9 Å². The first-order valence-electron chi connectivity index (χ1n) is 10.3. The second-order valence-corrected chi connectivity index (χ2v) is 9.93. The van der Waals surface area contributed by atoms with E-state index in [2.05, 4.69) is 5.32 Å². The Morgan fingerprint density at radius 3 is 2.27 bits per heavy atom. The molecule has 0 bridgehead atoms. The number of sulfonamides is 1. The number of anilines is 1. The summed E-state index contributed by atoms with van der Waals surface area (Å²) in [5.41, 5.74) is 2.38. The first-order valence-corrected chi connectivity index (χ1v) is 11.8. The van der Waals surface area contributed by atoms with Crippen LogP contribution >= 0.6 is 0 Å². The molecule has 0 spiro atoms. The highest BCUT2D eigenvalue weighted by Gasteiger charge is 2.35. The Bertz CT molecular complexity index is 1010. The lowest BCUT2D eigenvalue weighted by molar-refractivity contribution is -0.116. The maximum absolute atomic E-state index is 13.9. The van der Waals surface area contributed by atoms with Crippen molar-refractivity contribution < 1.29 is 17.6 Å². The molecule has 0 saturated heterocycles. The summed E-state index contributed by atoms with van der Waals surface area (Å²) in [6.07, 6.45) is 4.36. The van der Waals surface area contributed by atoms with Gasteiger partial charge in [0.05, 0.1) is 17.1 Å². The van der Waals surface area contributed by atoms with E-state index in [9.17, 15) is 17.6 Å². The Kier molecular flexibility index (Phi) is 6.93. The van der Waals surface area contributed by atoms with Gasteiger partial charge < -0.3 is 5.32 Å². The summed E-state index contributed by atoms with van der Waals surface area (Å²) in [5.74, 6) is -1.10. The highest BCUT2D eigenvalue weighted by Crippen LogP contribution is 2.31. The third kappa shape index (κ3) is 4.90. The standard InChI is InChI=1S/C23H29FN2O3S/c1-16-13-17(2)23(18(3)14-16)30(28,29)26(19-9-5-4-6-10-19)15-22(27)25-21-12-8-7-11-20(21)24/h7-8,11-14,19H,4-6,9-10,15H2,1-3H3,(H,25,27). The van der Waals surface area contributed by atoms with Crippen molar-refractivity contribution in [2.24, 2.45) is 0 Å². The molecule has 0 heterocycles. The summed E-state index contributed by atoms with van der Waals surface area (Å²) >= 11 is 0. The van der Waals surface area contributed by atoms with E-state index < -0.39 is 21.7 Å². The summed E-state index contributed by atoms with van der Waals surface area (Å²) in [5, 5.41) is 2.52. The van der Waals surface area contributed by atoms with Crippen molar-refractivity contribution in [3.8, 4) is 0 Å². The quantitative estimate of drug-likeness (QED) is 0.719. The molecule has 0 radical (unpaired) electrons. The van der Waals surface area contributed by atoms with E-state index >= 15 is 0 Å². The number of benzene rings is 2. The highest BCUT2D eigenvalue weighted by molar-refractivity contribution is 7.89. The van der Waals surface area contributed by atoms with Gasteiger partial charge in [0.25, 0.3) is 0 Å². The number of para-hydroxylation sites is 1. The second kappa shape index (κ2) is 9.27. The molecule has 1 aliphatic rings. The summed E-state index contributed by atoms with van der Waals surface area (Å²) < 4.78 is 42.7. The maximum atomic E-state index is 13.9. The van der Waals surface area contributed by atoms with Crippen LogP contribution in [0.2, 0.25) is 0 Å². The minimum atomic E-state index is -3.90. The number of rotatable bonds is 6. The fourth-order valence-corrected chi connectivity index (χ4v) is 6.42. The number of nitrogens with zero attached hydrogens (tertiary/aromatic N) is 1. The molecule has 1 saturated carbocycles. The molecule has 30 heavy (non-hydrogen) atoms. The lowest BCUT2D eigenvalue weighted by Gasteiger charge is -2.33. The topological polar surface area (TPSA) is 66.5 Å². The Balaban J connectivity index is 1.94. The third-order valence-electron chi connectivity index (χ3n) is 5.60. The zero-order valence-electron chi connectivity index (χ0n) is 17.7. The summed E-state index contributed by atoms with van der Waals surface area (Å²) in [4.78, 5) is 13.0. The zero-order valence-corrected chi connectivity index (χ0v) is 18.6. The molecule has 1 fully saturated rings. The van der Waals surface area contributed by atoms with E-state index in [0.717, 1.165) is 37.7 Å². The largest absolute Gasteiger partial charge is 0.322 e. The van der Waals surface area contributed by atoms with Crippen LogP contribution in [0.15, 0.2) is 41.3 Å². The normalized spacial score (nSPS) is 15.4. The first kappa shape index (κ1) is 22.4. The molecule has 0 unspecified atom stereocenters. The van der Waals surface area contributed by atoms with Gasteiger partial charge in [-0.3, -0.25) is 4.79 Å². The van der Waals surface area contributed by atoms with Gasteiger partial charge in [0.1, 0.15) is 5.82 Å². The van der Waals surface area contributed by atoms with Crippen molar-refractivity contribution in [1.29, 1.82) is 0 Å². The number of halogens is 1. The predicted octanol–water partition coefficient (Wildman–Crippen LogP) is 4.71. The van der Waals surface area contributed by atoms with Gasteiger partial charge in [-0.15, -0.1) is 0 Å². The third-order valence-corrected chi connectivity index (χ3v) is 7.81. The summed E-state index contributed by atoms with van der Waals surface area (Å²) in [6, 6.07) is 9.32. The molecule has 3 rings (SSSR count). The molecule has 1 amide bonds. The number of hydrogen-bond donors (Lipinski definition) is 1. The minimum absolute atomic E-state index is 0.0474. The molecule has 0 aliphatic heterocycles. The van der Waals surface area contributed by atoms with Crippen molar-refractivity contribution in [2.45, 2.75) is 63.8 Å². The predicted molar refractivity (Wildman–Crippen MR) is 116 cm³/mol. The van der Waals surface area contributed by atoms with Gasteiger partial charge in [-0.1, -0.05) is 49.1 Å². The van der Waals surface area contributed by atoms with Gasteiger partial charge in [0.15, 0.2) is 0 Å². The molecular formula is C23H29FN2O3S. The van der Waals surface area contributed by atoms with Crippen LogP contribution in [0, 0.1) is 26.6 Å². The fraction of sp³-hybridized carbons (Fsp3) is 0.435. The van der Waals surface area contributed by atoms with Crippen molar-refractivity contribution in [2.75, 3.05) is 11.9 Å². The molecule has 162 valence electrons. The number of aryl methyl sites for hydroxylation is 3. The van der Waals surface area contributed by atoms with Crippen LogP contribution in [-0.2, 0) is 14.8 Å². The van der Waals surface area contributed by atoms with E-state index in [4.69, 9.17) is 0 Å². The maximum Gasteiger partial charge on any atom is 0.244 e. The number of amides is 1. The van der Waals surface area contributed by atoms with Crippen LogP contribution in [-0.4, -0.2) is 31.2 Å². The Labute approximate surface area is 178 Å². The molecule has 1 N–H and O–H groups in total. The van der Waals surface area contributed by atoms with Crippen molar-refractivity contribution in [3.63, 3.8) is 0 Å². The van der Waals surface area contributed by atoms with E-state index in [0.29, 0.717) is 11.1 Å². The van der Waals surface area contributed by atoms with Crippen LogP contribution in [0.3, 0.4) is 0 Å². The molecule has 2 aromatic carbocycles. The second-order valence-electron chi connectivity index (χ2n) is 8.10. The van der Waals surface area contributed by atoms with Crippen LogP contribution < -0.4 is 5.32 Å². The lowest BCUT2D eigenvalue weighted by Crippen LogP contribution is -2.46. The van der Waals surface area contributed by atoms with Gasteiger partial charge in [0.2, 0.25) is 15.9 Å². The number of hydrogen-bond acceptors (Lipinski definition) is 3. The van der Waals surface area contributed by atoms with E-state index in [-0.39, 0.29) is 23.2 Å². The summed E-state index contributed by atoms with van der Waals surface area (Å²) in [7, 11) is -3.90. The number of nitrogens with one attached hydrogen (secondary N) is 1. The Morgan fingerprint density at radius 1 is 1.07 bits per heavy atom. The Morgan fingerprint density at radius 2 is 1.67 bits per heavy atom. The van der Waals surface area contributed by atoms with Gasteiger partial charge >= 0.3 is 0 Å². The van der Waals surface area contributed by atoms with Crippen molar-refractivity contribution in [3.05, 3.63) is 58.9 Å². The monoisotopic (exact) mass is 432 g/mol. The smallest absolute Gasteiger partial charge is 0.244 e. The molecule has 1 aliphatic carbocycles. The molecule has 0 atom stereocenters. The van der Waals surface area contributed by atoms with Gasteiger partial charge in [-0.2, -0.15) is 4.31 Å².